The zero-order valence-corrected chi connectivity index (χ0v) is 24.5. The minimum absolute atomic E-state index is 0.0633. The number of hydrogen-bond acceptors (Lipinski definition) is 8. The SMILES string of the molecule is CC(=O)c1nn(CC(=O)N2[C@H](C)[C@@H](C)C[C@H]2C(=O)NCCN2CCOCC2)c2c(C)cc(-c3cnc(C)nc3)cc12. The average molecular weight is 562 g/mol. The van der Waals surface area contributed by atoms with Crippen LogP contribution in [0.15, 0.2) is 24.5 Å². The van der Waals surface area contributed by atoms with Crippen LogP contribution in [0, 0.1) is 19.8 Å². The largest absolute Gasteiger partial charge is 0.379 e. The van der Waals surface area contributed by atoms with Gasteiger partial charge in [0.15, 0.2) is 5.78 Å². The van der Waals surface area contributed by atoms with Crippen molar-refractivity contribution in [2.24, 2.45) is 5.92 Å². The first-order valence-electron chi connectivity index (χ1n) is 14.3. The molecule has 2 aromatic heterocycles. The highest BCUT2D eigenvalue weighted by atomic mass is 16.5. The topological polar surface area (TPSA) is 123 Å². The van der Waals surface area contributed by atoms with E-state index in [1.807, 2.05) is 32.9 Å². The molecule has 2 fully saturated rings. The van der Waals surface area contributed by atoms with Gasteiger partial charge in [0.1, 0.15) is 24.1 Å². The van der Waals surface area contributed by atoms with E-state index in [2.05, 4.69) is 32.2 Å². The fourth-order valence-electron chi connectivity index (χ4n) is 5.95. The number of carbonyl (C=O) groups is 3. The molecule has 2 saturated heterocycles. The second-order valence-corrected chi connectivity index (χ2v) is 11.3. The molecule has 0 saturated carbocycles. The van der Waals surface area contributed by atoms with Gasteiger partial charge in [-0.3, -0.25) is 24.0 Å². The van der Waals surface area contributed by atoms with Crippen molar-refractivity contribution >= 4 is 28.5 Å². The number of aromatic nitrogens is 4. The molecule has 1 N–H and O–H groups in total. The molecule has 3 atom stereocenters. The van der Waals surface area contributed by atoms with Crippen LogP contribution < -0.4 is 5.32 Å². The number of ether oxygens (including phenoxy) is 1. The summed E-state index contributed by atoms with van der Waals surface area (Å²) in [6.45, 7) is 13.7. The number of nitrogens with zero attached hydrogens (tertiary/aromatic N) is 6. The molecule has 11 heteroatoms. The molecule has 0 bridgehead atoms. The molecule has 2 aliphatic heterocycles. The average Bonchev–Trinajstić information content (AvgIpc) is 3.46. The van der Waals surface area contributed by atoms with Crippen LogP contribution in [0.4, 0.5) is 0 Å². The standard InChI is InChI=1S/C30H39N7O4/c1-18-13-26(30(40)31-6-7-35-8-10-41-11-9-35)37(20(18)3)27(39)17-36-29-19(2)12-23(24-15-32-22(5)33-16-24)14-25(29)28(34-36)21(4)38/h12,14-16,18,20,26H,6-11,13,17H2,1-5H3,(H,31,40)/t18-,20+,26-/m0/s1. The first-order chi connectivity index (χ1) is 19.6. The monoisotopic (exact) mass is 561 g/mol. The zero-order valence-electron chi connectivity index (χ0n) is 24.5. The van der Waals surface area contributed by atoms with Crippen LogP contribution >= 0.6 is 0 Å². The predicted molar refractivity (Wildman–Crippen MR) is 154 cm³/mol. The summed E-state index contributed by atoms with van der Waals surface area (Å²) in [4.78, 5) is 52.3. The Bertz CT molecular complexity index is 1450. The van der Waals surface area contributed by atoms with Gasteiger partial charge in [-0.2, -0.15) is 5.10 Å². The number of Topliss-reactive ketones (excluding diaryl/α,β-unsaturated/α-hetero) is 1. The summed E-state index contributed by atoms with van der Waals surface area (Å²) in [5.41, 5.74) is 3.63. The number of rotatable bonds is 8. The van der Waals surface area contributed by atoms with E-state index in [9.17, 15) is 14.4 Å². The van der Waals surface area contributed by atoms with Gasteiger partial charge in [0.2, 0.25) is 11.8 Å². The molecule has 41 heavy (non-hydrogen) atoms. The number of ketones is 1. The lowest BCUT2D eigenvalue weighted by Gasteiger charge is -2.29. The predicted octanol–water partition coefficient (Wildman–Crippen LogP) is 2.39. The van der Waals surface area contributed by atoms with E-state index in [0.29, 0.717) is 43.1 Å². The van der Waals surface area contributed by atoms with Crippen LogP contribution in [0.3, 0.4) is 0 Å². The van der Waals surface area contributed by atoms with Gasteiger partial charge < -0.3 is 15.0 Å². The van der Waals surface area contributed by atoms with Crippen molar-refractivity contribution in [1.82, 2.24) is 34.9 Å². The van der Waals surface area contributed by atoms with Gasteiger partial charge in [0.25, 0.3) is 0 Å². The number of amides is 2. The molecule has 0 radical (unpaired) electrons. The van der Waals surface area contributed by atoms with Crippen molar-refractivity contribution in [2.45, 2.75) is 59.7 Å². The van der Waals surface area contributed by atoms with E-state index in [1.165, 1.54) is 6.92 Å². The Balaban J connectivity index is 1.37. The molecule has 5 rings (SSSR count). The third-order valence-corrected chi connectivity index (χ3v) is 8.38. The van der Waals surface area contributed by atoms with Gasteiger partial charge in [0.05, 0.1) is 18.7 Å². The Kier molecular flexibility index (Phi) is 8.46. The summed E-state index contributed by atoms with van der Waals surface area (Å²) >= 11 is 0. The maximum atomic E-state index is 13.8. The first-order valence-corrected chi connectivity index (χ1v) is 14.3. The lowest BCUT2D eigenvalue weighted by molar-refractivity contribution is -0.140. The number of nitrogens with one attached hydrogen (secondary N) is 1. The number of hydrogen-bond donors (Lipinski definition) is 1. The minimum atomic E-state index is -0.541. The van der Waals surface area contributed by atoms with Crippen molar-refractivity contribution in [3.05, 3.63) is 41.6 Å². The Morgan fingerprint density at radius 3 is 2.44 bits per heavy atom. The maximum Gasteiger partial charge on any atom is 0.245 e. The quantitative estimate of drug-likeness (QED) is 0.416. The fraction of sp³-hybridized carbons (Fsp3) is 0.533. The fourth-order valence-corrected chi connectivity index (χ4v) is 5.95. The van der Waals surface area contributed by atoms with Gasteiger partial charge in [-0.25, -0.2) is 9.97 Å². The molecule has 11 nitrogen and oxygen atoms in total. The second-order valence-electron chi connectivity index (χ2n) is 11.3. The number of likely N-dealkylation sites (tertiary alicyclic amines) is 1. The Morgan fingerprint density at radius 1 is 1.05 bits per heavy atom. The van der Waals surface area contributed by atoms with E-state index < -0.39 is 6.04 Å². The van der Waals surface area contributed by atoms with Crippen molar-refractivity contribution in [3.8, 4) is 11.1 Å². The maximum absolute atomic E-state index is 13.8. The number of aryl methyl sites for hydroxylation is 2. The van der Waals surface area contributed by atoms with Crippen LogP contribution in [-0.4, -0.2) is 98.6 Å². The molecule has 2 amide bonds. The van der Waals surface area contributed by atoms with Gasteiger partial charge in [-0.05, 0) is 56.4 Å². The highest BCUT2D eigenvalue weighted by Gasteiger charge is 2.43. The van der Waals surface area contributed by atoms with Crippen LogP contribution in [0.5, 0.6) is 0 Å². The minimum Gasteiger partial charge on any atom is -0.379 e. The number of carbonyl (C=O) groups excluding carboxylic acids is 3. The van der Waals surface area contributed by atoms with Crippen LogP contribution in [0.1, 0.15) is 49.1 Å². The summed E-state index contributed by atoms with van der Waals surface area (Å²) in [5, 5.41) is 8.33. The second kappa shape index (κ2) is 12.0. The summed E-state index contributed by atoms with van der Waals surface area (Å²) in [6, 6.07) is 3.27. The molecule has 0 aliphatic carbocycles. The van der Waals surface area contributed by atoms with Crippen molar-refractivity contribution in [3.63, 3.8) is 0 Å². The Labute approximate surface area is 240 Å². The van der Waals surface area contributed by atoms with E-state index in [4.69, 9.17) is 4.74 Å². The Morgan fingerprint density at radius 2 is 1.76 bits per heavy atom. The zero-order chi connectivity index (χ0) is 29.3. The molecular weight excluding hydrogens is 522 g/mol. The summed E-state index contributed by atoms with van der Waals surface area (Å²) in [5.74, 6) is 0.358. The number of benzene rings is 1. The molecule has 1 aromatic carbocycles. The summed E-state index contributed by atoms with van der Waals surface area (Å²) in [6.07, 6.45) is 4.12. The van der Waals surface area contributed by atoms with Crippen LogP contribution in [0.2, 0.25) is 0 Å². The molecule has 0 unspecified atom stereocenters. The summed E-state index contributed by atoms with van der Waals surface area (Å²) < 4.78 is 7.01. The van der Waals surface area contributed by atoms with E-state index in [0.717, 1.165) is 41.8 Å². The highest BCUT2D eigenvalue weighted by Crippen LogP contribution is 2.32. The molecule has 218 valence electrons. The molecule has 2 aliphatic rings. The van der Waals surface area contributed by atoms with Crippen molar-refractivity contribution < 1.29 is 19.1 Å². The number of fused-ring (bicyclic) bond motifs is 1. The van der Waals surface area contributed by atoms with Crippen molar-refractivity contribution in [2.75, 3.05) is 39.4 Å². The molecule has 3 aromatic rings. The van der Waals surface area contributed by atoms with Gasteiger partial charge in [-0.15, -0.1) is 0 Å². The molecule has 0 spiro atoms. The van der Waals surface area contributed by atoms with Gasteiger partial charge in [-0.1, -0.05) is 6.92 Å². The lowest BCUT2D eigenvalue weighted by atomic mass is 10.0. The van der Waals surface area contributed by atoms with Crippen molar-refractivity contribution in [1.29, 1.82) is 0 Å². The molecular formula is C30H39N7O4. The summed E-state index contributed by atoms with van der Waals surface area (Å²) in [7, 11) is 0. The van der Waals surface area contributed by atoms with Gasteiger partial charge >= 0.3 is 0 Å². The van der Waals surface area contributed by atoms with E-state index in [1.54, 1.807) is 22.0 Å². The van der Waals surface area contributed by atoms with Gasteiger partial charge in [0, 0.05) is 62.5 Å². The highest BCUT2D eigenvalue weighted by molar-refractivity contribution is 6.07. The normalized spacial score (nSPS) is 21.4. The van der Waals surface area contributed by atoms with Crippen LogP contribution in [0.25, 0.3) is 22.0 Å². The smallest absolute Gasteiger partial charge is 0.245 e. The third-order valence-electron chi connectivity index (χ3n) is 8.38. The lowest BCUT2D eigenvalue weighted by Crippen LogP contribution is -2.50. The Hall–Kier alpha value is -3.70. The number of morpholine rings is 1. The first kappa shape index (κ1) is 28.8. The third kappa shape index (κ3) is 6.01. The van der Waals surface area contributed by atoms with E-state index >= 15 is 0 Å². The van der Waals surface area contributed by atoms with Crippen LogP contribution in [-0.2, 0) is 20.9 Å². The molecule has 4 heterocycles. The van der Waals surface area contributed by atoms with E-state index in [-0.39, 0.29) is 36.1 Å².